The summed E-state index contributed by atoms with van der Waals surface area (Å²) in [4.78, 5) is 14.9. The molecule has 19 heavy (non-hydrogen) atoms. The maximum Gasteiger partial charge on any atom is 0.355 e. The first-order valence-corrected chi connectivity index (χ1v) is 7.89. The Labute approximate surface area is 120 Å². The molecule has 0 atom stereocenters. The lowest BCUT2D eigenvalue weighted by molar-refractivity contribution is 0.0691. The number of carbonyl (C=O) groups is 1. The minimum atomic E-state index is -0.979. The van der Waals surface area contributed by atoms with Gasteiger partial charge in [0, 0.05) is 16.7 Å². The van der Waals surface area contributed by atoms with Gasteiger partial charge in [-0.3, -0.25) is 0 Å². The van der Waals surface area contributed by atoms with Gasteiger partial charge in [0.25, 0.3) is 0 Å². The predicted octanol–water partition coefficient (Wildman–Crippen LogP) is 4.15. The van der Waals surface area contributed by atoms with Crippen LogP contribution in [0.15, 0.2) is 29.6 Å². The minimum absolute atomic E-state index is 0.111. The van der Waals surface area contributed by atoms with Crippen molar-refractivity contribution in [2.45, 2.75) is 24.9 Å². The topological polar surface area (TPSA) is 50.2 Å². The number of hydrogen-bond acceptors (Lipinski definition) is 4. The first kappa shape index (κ1) is 14.1. The molecule has 1 heterocycles. The smallest absolute Gasteiger partial charge is 0.355 e. The maximum absolute atomic E-state index is 10.8. The van der Waals surface area contributed by atoms with Gasteiger partial charge in [-0.05, 0) is 10.8 Å². The predicted molar refractivity (Wildman–Crippen MR) is 80.9 cm³/mol. The number of carboxylic acid groups (broad SMARTS) is 1. The van der Waals surface area contributed by atoms with Gasteiger partial charge in [-0.1, -0.05) is 38.1 Å². The third kappa shape index (κ3) is 3.81. The molecular weight excluding hydrogens is 278 g/mol. The van der Waals surface area contributed by atoms with E-state index in [0.29, 0.717) is 5.25 Å². The second-order valence-corrected chi connectivity index (χ2v) is 6.82. The Bertz CT molecular complexity index is 561. The molecule has 0 radical (unpaired) electrons. The lowest BCUT2D eigenvalue weighted by atomic mass is 10.2. The summed E-state index contributed by atoms with van der Waals surface area (Å²) in [6.45, 7) is 4.37. The van der Waals surface area contributed by atoms with Crippen LogP contribution in [0.1, 0.15) is 29.9 Å². The molecule has 0 bridgehead atoms. The molecule has 0 saturated heterocycles. The van der Waals surface area contributed by atoms with Crippen LogP contribution in [0.25, 0.3) is 10.6 Å². The summed E-state index contributed by atoms with van der Waals surface area (Å²) in [6, 6.07) is 8.15. The van der Waals surface area contributed by atoms with Crippen LogP contribution < -0.4 is 0 Å². The van der Waals surface area contributed by atoms with Crippen LogP contribution in [0.3, 0.4) is 0 Å². The van der Waals surface area contributed by atoms with Gasteiger partial charge in [-0.15, -0.1) is 11.3 Å². The van der Waals surface area contributed by atoms with Crippen molar-refractivity contribution < 1.29 is 9.90 Å². The van der Waals surface area contributed by atoms with Crippen molar-refractivity contribution in [1.82, 2.24) is 4.98 Å². The summed E-state index contributed by atoms with van der Waals surface area (Å²) in [5.74, 6) is 0.0170. The van der Waals surface area contributed by atoms with Gasteiger partial charge in [0.2, 0.25) is 0 Å². The average Bonchev–Trinajstić information content (AvgIpc) is 2.86. The molecule has 0 aliphatic rings. The van der Waals surface area contributed by atoms with Crippen LogP contribution in [0.5, 0.6) is 0 Å². The average molecular weight is 293 g/mol. The van der Waals surface area contributed by atoms with E-state index in [1.165, 1.54) is 16.9 Å². The number of thiazole rings is 1. The van der Waals surface area contributed by atoms with Crippen molar-refractivity contribution >= 4 is 29.1 Å². The number of benzene rings is 1. The Hall–Kier alpha value is -1.33. The Morgan fingerprint density at radius 1 is 1.37 bits per heavy atom. The van der Waals surface area contributed by atoms with Gasteiger partial charge < -0.3 is 5.11 Å². The SMILES string of the molecule is CC(C)SCc1ccc(-c2nc(C(=O)O)cs2)cc1. The molecule has 5 heteroatoms. The zero-order chi connectivity index (χ0) is 13.8. The van der Waals surface area contributed by atoms with E-state index < -0.39 is 5.97 Å². The molecule has 1 aromatic heterocycles. The van der Waals surface area contributed by atoms with E-state index in [-0.39, 0.29) is 5.69 Å². The largest absolute Gasteiger partial charge is 0.476 e. The lowest BCUT2D eigenvalue weighted by Gasteiger charge is -2.05. The summed E-state index contributed by atoms with van der Waals surface area (Å²) >= 11 is 3.26. The second-order valence-electron chi connectivity index (χ2n) is 4.40. The maximum atomic E-state index is 10.8. The second kappa shape index (κ2) is 6.21. The fourth-order valence-electron chi connectivity index (χ4n) is 1.51. The summed E-state index contributed by atoms with van der Waals surface area (Å²) in [5, 5.41) is 11.8. The van der Waals surface area contributed by atoms with Crippen LogP contribution in [-0.2, 0) is 5.75 Å². The van der Waals surface area contributed by atoms with Crippen LogP contribution >= 0.6 is 23.1 Å². The van der Waals surface area contributed by atoms with Crippen molar-refractivity contribution in [2.75, 3.05) is 0 Å². The van der Waals surface area contributed by atoms with Crippen molar-refractivity contribution in [2.24, 2.45) is 0 Å². The van der Waals surface area contributed by atoms with Crippen molar-refractivity contribution in [3.63, 3.8) is 0 Å². The first-order chi connectivity index (χ1) is 9.06. The zero-order valence-corrected chi connectivity index (χ0v) is 12.4. The number of aromatic carboxylic acids is 1. The van der Waals surface area contributed by atoms with E-state index >= 15 is 0 Å². The molecule has 100 valence electrons. The van der Waals surface area contributed by atoms with Crippen LogP contribution in [-0.4, -0.2) is 21.3 Å². The van der Waals surface area contributed by atoms with E-state index in [1.54, 1.807) is 5.38 Å². The third-order valence-corrected chi connectivity index (χ3v) is 4.57. The molecule has 0 saturated carbocycles. The quantitative estimate of drug-likeness (QED) is 0.899. The standard InChI is InChI=1S/C14H15NO2S2/c1-9(2)18-7-10-3-5-11(6-4-10)13-15-12(8-19-13)14(16)17/h3-6,8-9H,7H2,1-2H3,(H,16,17). The van der Waals surface area contributed by atoms with Gasteiger partial charge in [0.1, 0.15) is 5.01 Å². The number of aromatic nitrogens is 1. The van der Waals surface area contributed by atoms with Gasteiger partial charge in [0.15, 0.2) is 5.69 Å². The highest BCUT2D eigenvalue weighted by atomic mass is 32.2. The van der Waals surface area contributed by atoms with Gasteiger partial charge in [-0.2, -0.15) is 11.8 Å². The molecule has 2 aromatic rings. The van der Waals surface area contributed by atoms with Crippen molar-refractivity contribution in [1.29, 1.82) is 0 Å². The van der Waals surface area contributed by atoms with Crippen molar-refractivity contribution in [3.05, 3.63) is 40.9 Å². The highest BCUT2D eigenvalue weighted by Gasteiger charge is 2.09. The summed E-state index contributed by atoms with van der Waals surface area (Å²) < 4.78 is 0. The van der Waals surface area contributed by atoms with E-state index in [1.807, 2.05) is 23.9 Å². The number of hydrogen-bond donors (Lipinski definition) is 1. The summed E-state index contributed by atoms with van der Waals surface area (Å²) in [6.07, 6.45) is 0. The monoisotopic (exact) mass is 293 g/mol. The van der Waals surface area contributed by atoms with Crippen LogP contribution in [0.2, 0.25) is 0 Å². The fourth-order valence-corrected chi connectivity index (χ4v) is 3.03. The van der Waals surface area contributed by atoms with Gasteiger partial charge in [0.05, 0.1) is 0 Å². The van der Waals surface area contributed by atoms with Crippen molar-refractivity contribution in [3.8, 4) is 10.6 Å². The highest BCUT2D eigenvalue weighted by Crippen LogP contribution is 2.25. The number of nitrogens with zero attached hydrogens (tertiary/aromatic N) is 1. The summed E-state index contributed by atoms with van der Waals surface area (Å²) in [5.41, 5.74) is 2.35. The van der Waals surface area contributed by atoms with E-state index in [0.717, 1.165) is 16.3 Å². The Kier molecular flexibility index (Phi) is 4.61. The number of thioether (sulfide) groups is 1. The van der Waals surface area contributed by atoms with Gasteiger partial charge >= 0.3 is 5.97 Å². The first-order valence-electron chi connectivity index (χ1n) is 5.96. The lowest BCUT2D eigenvalue weighted by Crippen LogP contribution is -1.95. The molecule has 0 fully saturated rings. The third-order valence-electron chi connectivity index (χ3n) is 2.51. The molecular formula is C14H15NO2S2. The van der Waals surface area contributed by atoms with Crippen LogP contribution in [0, 0.1) is 0 Å². The Morgan fingerprint density at radius 2 is 2.05 bits per heavy atom. The molecule has 0 aliphatic heterocycles. The van der Waals surface area contributed by atoms with Gasteiger partial charge in [-0.25, -0.2) is 9.78 Å². The zero-order valence-electron chi connectivity index (χ0n) is 10.8. The number of rotatable bonds is 5. The van der Waals surface area contributed by atoms with E-state index in [2.05, 4.69) is 31.0 Å². The molecule has 3 nitrogen and oxygen atoms in total. The molecule has 1 N–H and O–H groups in total. The molecule has 0 amide bonds. The Morgan fingerprint density at radius 3 is 2.58 bits per heavy atom. The normalized spacial score (nSPS) is 10.9. The van der Waals surface area contributed by atoms with E-state index in [4.69, 9.17) is 5.11 Å². The molecule has 0 spiro atoms. The minimum Gasteiger partial charge on any atom is -0.476 e. The molecule has 0 aliphatic carbocycles. The van der Waals surface area contributed by atoms with E-state index in [9.17, 15) is 4.79 Å². The van der Waals surface area contributed by atoms with Crippen LogP contribution in [0.4, 0.5) is 0 Å². The fraction of sp³-hybridized carbons (Fsp3) is 0.286. The molecule has 0 unspecified atom stereocenters. The molecule has 1 aromatic carbocycles. The Balaban J connectivity index is 2.10. The molecule has 2 rings (SSSR count). The summed E-state index contributed by atoms with van der Waals surface area (Å²) in [7, 11) is 0. The number of carboxylic acids is 1. The highest BCUT2D eigenvalue weighted by molar-refractivity contribution is 7.99.